The molecule has 22 heavy (non-hydrogen) atoms. The first-order valence-corrected chi connectivity index (χ1v) is 7.67. The van der Waals surface area contributed by atoms with Gasteiger partial charge in [0.1, 0.15) is 5.82 Å². The minimum atomic E-state index is -2.63. The van der Waals surface area contributed by atoms with E-state index in [-0.39, 0.29) is 18.3 Å². The van der Waals surface area contributed by atoms with Crippen molar-refractivity contribution in [1.82, 2.24) is 19.8 Å². The van der Waals surface area contributed by atoms with Crippen LogP contribution in [0.4, 0.5) is 8.78 Å². The molecule has 120 valence electrons. The Morgan fingerprint density at radius 1 is 1.55 bits per heavy atom. The second-order valence-electron chi connectivity index (χ2n) is 4.92. The van der Waals surface area contributed by atoms with Crippen molar-refractivity contribution in [3.8, 4) is 0 Å². The van der Waals surface area contributed by atoms with E-state index in [9.17, 15) is 13.6 Å². The van der Waals surface area contributed by atoms with E-state index < -0.39 is 12.6 Å². The topological polar surface area (TPSA) is 50.2 Å². The fourth-order valence-corrected chi connectivity index (χ4v) is 2.58. The van der Waals surface area contributed by atoms with E-state index in [0.29, 0.717) is 6.54 Å². The molecule has 0 aliphatic carbocycles. The van der Waals surface area contributed by atoms with Crippen molar-refractivity contribution in [2.24, 2.45) is 0 Å². The molecule has 0 aliphatic heterocycles. The van der Waals surface area contributed by atoms with Crippen LogP contribution in [0.3, 0.4) is 0 Å². The number of carbonyl (C=O) groups excluding carboxylic acids is 1. The van der Waals surface area contributed by atoms with E-state index in [0.717, 1.165) is 9.44 Å². The van der Waals surface area contributed by atoms with Gasteiger partial charge in [-0.25, -0.2) is 4.98 Å². The summed E-state index contributed by atoms with van der Waals surface area (Å²) >= 11 is 1.57. The number of carbonyl (C=O) groups is 1. The summed E-state index contributed by atoms with van der Waals surface area (Å²) in [6.45, 7) is -0.251. The van der Waals surface area contributed by atoms with Gasteiger partial charge in [-0.15, -0.1) is 11.3 Å². The van der Waals surface area contributed by atoms with Crippen molar-refractivity contribution in [3.05, 3.63) is 40.6 Å². The molecule has 0 radical (unpaired) electrons. The lowest BCUT2D eigenvalue weighted by Crippen LogP contribution is -2.42. The van der Waals surface area contributed by atoms with Crippen LogP contribution in [0.15, 0.2) is 29.9 Å². The quantitative estimate of drug-likeness (QED) is 0.849. The first-order valence-electron chi connectivity index (χ1n) is 6.79. The number of alkyl halides is 2. The molecular formula is C14H18F2N4OS. The molecule has 0 fully saturated rings. The summed E-state index contributed by atoms with van der Waals surface area (Å²) in [5.41, 5.74) is 0. The Bertz CT molecular complexity index is 600. The zero-order chi connectivity index (χ0) is 16.1. The van der Waals surface area contributed by atoms with E-state index in [1.165, 1.54) is 12.4 Å². The van der Waals surface area contributed by atoms with Crippen LogP contribution in [0.2, 0.25) is 0 Å². The lowest BCUT2D eigenvalue weighted by Gasteiger charge is -2.23. The molecule has 0 saturated heterocycles. The largest absolute Gasteiger partial charge is 0.350 e. The van der Waals surface area contributed by atoms with Crippen molar-refractivity contribution in [2.75, 3.05) is 7.05 Å². The highest BCUT2D eigenvalue weighted by atomic mass is 32.1. The van der Waals surface area contributed by atoms with Gasteiger partial charge < -0.3 is 5.32 Å². The standard InChI is InChI=1S/C14H18F2N4OS/c1-10(13(21)18-8-11-4-3-7-22-11)19(2)9-12-17-5-6-20(12)14(15)16/h3-7,10,14H,8-9H2,1-2H3,(H,18,21)/t10-/m1/s1. The van der Waals surface area contributed by atoms with Crippen LogP contribution >= 0.6 is 11.3 Å². The summed E-state index contributed by atoms with van der Waals surface area (Å²) in [6, 6.07) is 3.42. The molecule has 0 saturated carbocycles. The molecule has 8 heteroatoms. The molecule has 5 nitrogen and oxygen atoms in total. The average molecular weight is 328 g/mol. The lowest BCUT2D eigenvalue weighted by molar-refractivity contribution is -0.125. The molecule has 2 aromatic heterocycles. The van der Waals surface area contributed by atoms with Gasteiger partial charge in [0.25, 0.3) is 0 Å². The van der Waals surface area contributed by atoms with Crippen molar-refractivity contribution in [3.63, 3.8) is 0 Å². The summed E-state index contributed by atoms with van der Waals surface area (Å²) in [7, 11) is 1.71. The predicted molar refractivity (Wildman–Crippen MR) is 80.6 cm³/mol. The fraction of sp³-hybridized carbons (Fsp3) is 0.429. The van der Waals surface area contributed by atoms with Gasteiger partial charge in [-0.1, -0.05) is 6.07 Å². The van der Waals surface area contributed by atoms with E-state index in [4.69, 9.17) is 0 Å². The normalized spacial score (nSPS) is 12.8. The molecule has 1 amide bonds. The van der Waals surface area contributed by atoms with Gasteiger partial charge in [0.05, 0.1) is 19.1 Å². The SMILES string of the molecule is C[C@H](C(=O)NCc1cccs1)N(C)Cc1nccn1C(F)F. The molecule has 0 spiro atoms. The van der Waals surface area contributed by atoms with Gasteiger partial charge in [-0.3, -0.25) is 14.3 Å². The predicted octanol–water partition coefficient (Wildman–Crippen LogP) is 2.48. The van der Waals surface area contributed by atoms with Crippen LogP contribution in [-0.2, 0) is 17.9 Å². The third kappa shape index (κ3) is 4.11. The number of rotatable bonds is 7. The van der Waals surface area contributed by atoms with Crippen LogP contribution in [0.5, 0.6) is 0 Å². The van der Waals surface area contributed by atoms with Gasteiger partial charge in [0.2, 0.25) is 5.91 Å². The molecule has 1 atom stereocenters. The maximum atomic E-state index is 12.8. The van der Waals surface area contributed by atoms with Crippen molar-refractivity contribution >= 4 is 17.2 Å². The van der Waals surface area contributed by atoms with Gasteiger partial charge in [0.15, 0.2) is 0 Å². The summed E-state index contributed by atoms with van der Waals surface area (Å²) < 4.78 is 26.3. The van der Waals surface area contributed by atoms with E-state index in [1.807, 2.05) is 17.5 Å². The Balaban J connectivity index is 1.89. The Labute approximate surface area is 131 Å². The fourth-order valence-electron chi connectivity index (χ4n) is 1.94. The van der Waals surface area contributed by atoms with E-state index in [1.54, 1.807) is 30.2 Å². The molecular weight excluding hydrogens is 310 g/mol. The second-order valence-corrected chi connectivity index (χ2v) is 5.95. The van der Waals surface area contributed by atoms with E-state index >= 15 is 0 Å². The monoisotopic (exact) mass is 328 g/mol. The lowest BCUT2D eigenvalue weighted by atomic mass is 10.2. The summed E-state index contributed by atoms with van der Waals surface area (Å²) in [6.07, 6.45) is 2.56. The highest BCUT2D eigenvalue weighted by Gasteiger charge is 2.20. The molecule has 1 N–H and O–H groups in total. The maximum Gasteiger partial charge on any atom is 0.319 e. The van der Waals surface area contributed by atoms with Crippen molar-refractivity contribution < 1.29 is 13.6 Å². The summed E-state index contributed by atoms with van der Waals surface area (Å²) in [5, 5.41) is 4.78. The number of aromatic nitrogens is 2. The van der Waals surface area contributed by atoms with Crippen molar-refractivity contribution in [1.29, 1.82) is 0 Å². The highest BCUT2D eigenvalue weighted by molar-refractivity contribution is 7.09. The van der Waals surface area contributed by atoms with Gasteiger partial charge >= 0.3 is 6.55 Å². The van der Waals surface area contributed by atoms with Crippen LogP contribution < -0.4 is 5.32 Å². The zero-order valence-electron chi connectivity index (χ0n) is 12.4. The van der Waals surface area contributed by atoms with Crippen LogP contribution in [0.1, 0.15) is 24.2 Å². The molecule has 0 aromatic carbocycles. The molecule has 0 unspecified atom stereocenters. The third-order valence-corrected chi connectivity index (χ3v) is 4.28. The molecule has 2 rings (SSSR count). The average Bonchev–Trinajstić information content (AvgIpc) is 3.14. The number of likely N-dealkylation sites (N-methyl/N-ethyl adjacent to an activating group) is 1. The summed E-state index contributed by atoms with van der Waals surface area (Å²) in [5.74, 6) is 0.0847. The van der Waals surface area contributed by atoms with Gasteiger partial charge in [0, 0.05) is 17.3 Å². The molecule has 0 bridgehead atoms. The number of halogens is 2. The summed E-state index contributed by atoms with van der Waals surface area (Å²) in [4.78, 5) is 18.8. The molecule has 0 aliphatic rings. The smallest absolute Gasteiger partial charge is 0.319 e. The zero-order valence-corrected chi connectivity index (χ0v) is 13.2. The Kier molecular flexibility index (Phi) is 5.62. The first-order chi connectivity index (χ1) is 10.5. The highest BCUT2D eigenvalue weighted by Crippen LogP contribution is 2.14. The Morgan fingerprint density at radius 2 is 2.32 bits per heavy atom. The Hall–Kier alpha value is -1.80. The third-order valence-electron chi connectivity index (χ3n) is 3.41. The number of nitrogens with one attached hydrogen (secondary N) is 1. The minimum Gasteiger partial charge on any atom is -0.350 e. The van der Waals surface area contributed by atoms with Crippen LogP contribution in [-0.4, -0.2) is 33.4 Å². The number of hydrogen-bond acceptors (Lipinski definition) is 4. The molecule has 2 aromatic rings. The maximum absolute atomic E-state index is 12.8. The number of imidazole rings is 1. The van der Waals surface area contributed by atoms with Gasteiger partial charge in [-0.05, 0) is 25.4 Å². The van der Waals surface area contributed by atoms with Crippen LogP contribution in [0.25, 0.3) is 0 Å². The number of hydrogen-bond donors (Lipinski definition) is 1. The number of nitrogens with zero attached hydrogens (tertiary/aromatic N) is 3. The molecule has 2 heterocycles. The van der Waals surface area contributed by atoms with Crippen LogP contribution in [0, 0.1) is 0 Å². The van der Waals surface area contributed by atoms with Crippen molar-refractivity contribution in [2.45, 2.75) is 32.6 Å². The van der Waals surface area contributed by atoms with Gasteiger partial charge in [-0.2, -0.15) is 8.78 Å². The number of amides is 1. The number of thiophene rings is 1. The van der Waals surface area contributed by atoms with E-state index in [2.05, 4.69) is 10.3 Å². The Morgan fingerprint density at radius 3 is 2.95 bits per heavy atom. The second kappa shape index (κ2) is 7.46. The minimum absolute atomic E-state index is 0.147. The first kappa shape index (κ1) is 16.6.